The van der Waals surface area contributed by atoms with Crippen LogP contribution in [-0.4, -0.2) is 6.61 Å². The molecule has 0 fully saturated rings. The minimum atomic E-state index is -0.0791. The van der Waals surface area contributed by atoms with E-state index < -0.39 is 0 Å². The number of hydrogen-bond acceptors (Lipinski definition) is 2. The molecule has 2 aromatic rings. The zero-order valence-electron chi connectivity index (χ0n) is 11.3. The van der Waals surface area contributed by atoms with E-state index in [9.17, 15) is 0 Å². The Bertz CT molecular complexity index is 626. The number of ether oxygens (including phenoxy) is 1. The van der Waals surface area contributed by atoms with E-state index in [1.54, 1.807) is 0 Å². The molecule has 0 saturated heterocycles. The summed E-state index contributed by atoms with van der Waals surface area (Å²) in [6.07, 6.45) is 0. The first-order chi connectivity index (χ1) is 9.66. The Morgan fingerprint density at radius 2 is 1.95 bits per heavy atom. The highest BCUT2D eigenvalue weighted by atomic mass is 79.9. The van der Waals surface area contributed by atoms with Gasteiger partial charge in [0.15, 0.2) is 0 Å². The smallest absolute Gasteiger partial charge is 0.149 e. The van der Waals surface area contributed by atoms with Crippen LogP contribution < -0.4 is 10.5 Å². The average Bonchev–Trinajstić information content (AvgIpc) is 2.45. The molecule has 20 heavy (non-hydrogen) atoms. The third-order valence-electron chi connectivity index (χ3n) is 2.77. The summed E-state index contributed by atoms with van der Waals surface area (Å²) in [6, 6.07) is 15.6. The van der Waals surface area contributed by atoms with Crippen LogP contribution in [0.15, 0.2) is 53.0 Å². The van der Waals surface area contributed by atoms with Gasteiger partial charge in [-0.2, -0.15) is 0 Å². The van der Waals surface area contributed by atoms with Gasteiger partial charge in [-0.05, 0) is 37.3 Å². The van der Waals surface area contributed by atoms with Gasteiger partial charge in [-0.3, -0.25) is 0 Å². The quantitative estimate of drug-likeness (QED) is 0.867. The monoisotopic (exact) mass is 329 g/mol. The van der Waals surface area contributed by atoms with Crippen molar-refractivity contribution in [3.63, 3.8) is 0 Å². The minimum Gasteiger partial charge on any atom is -0.481 e. The lowest BCUT2D eigenvalue weighted by Gasteiger charge is -2.12. The highest BCUT2D eigenvalue weighted by Crippen LogP contribution is 2.27. The van der Waals surface area contributed by atoms with Crippen LogP contribution in [0.1, 0.15) is 24.1 Å². The molecule has 0 amide bonds. The molecule has 0 aliphatic carbocycles. The van der Waals surface area contributed by atoms with E-state index in [0.29, 0.717) is 6.61 Å². The lowest BCUT2D eigenvalue weighted by atomic mass is 10.1. The fourth-order valence-electron chi connectivity index (χ4n) is 1.78. The van der Waals surface area contributed by atoms with Gasteiger partial charge >= 0.3 is 0 Å². The van der Waals surface area contributed by atoms with E-state index in [4.69, 9.17) is 10.5 Å². The molecule has 0 unspecified atom stereocenters. The van der Waals surface area contributed by atoms with Crippen LogP contribution in [0.25, 0.3) is 0 Å². The Kier molecular flexibility index (Phi) is 5.23. The van der Waals surface area contributed by atoms with Crippen molar-refractivity contribution in [2.75, 3.05) is 6.61 Å². The fraction of sp³-hybridized carbons (Fsp3) is 0.176. The van der Waals surface area contributed by atoms with Crippen LogP contribution in [-0.2, 0) is 0 Å². The Morgan fingerprint density at radius 1 is 1.20 bits per heavy atom. The van der Waals surface area contributed by atoms with Gasteiger partial charge in [0, 0.05) is 21.6 Å². The number of rotatable bonds is 3. The summed E-state index contributed by atoms with van der Waals surface area (Å²) in [5, 5.41) is 0. The summed E-state index contributed by atoms with van der Waals surface area (Å²) in [5.41, 5.74) is 7.90. The number of halogens is 1. The topological polar surface area (TPSA) is 35.2 Å². The van der Waals surface area contributed by atoms with E-state index in [0.717, 1.165) is 21.3 Å². The van der Waals surface area contributed by atoms with Crippen molar-refractivity contribution in [3.8, 4) is 17.6 Å². The van der Waals surface area contributed by atoms with Crippen LogP contribution in [0.3, 0.4) is 0 Å². The normalized spacial score (nSPS) is 11.3. The predicted molar refractivity (Wildman–Crippen MR) is 85.6 cm³/mol. The first kappa shape index (κ1) is 14.6. The van der Waals surface area contributed by atoms with Crippen LogP contribution in [0, 0.1) is 11.8 Å². The van der Waals surface area contributed by atoms with Gasteiger partial charge in [-0.25, -0.2) is 0 Å². The average molecular weight is 330 g/mol. The molecule has 2 N–H and O–H groups in total. The van der Waals surface area contributed by atoms with Crippen LogP contribution in [0.4, 0.5) is 0 Å². The number of benzene rings is 2. The van der Waals surface area contributed by atoms with Crippen molar-refractivity contribution in [2.45, 2.75) is 13.0 Å². The van der Waals surface area contributed by atoms with Crippen molar-refractivity contribution >= 4 is 15.9 Å². The molecule has 102 valence electrons. The molecule has 0 aliphatic rings. The molecule has 0 bridgehead atoms. The van der Waals surface area contributed by atoms with Crippen molar-refractivity contribution in [1.29, 1.82) is 0 Å². The van der Waals surface area contributed by atoms with Crippen molar-refractivity contribution in [1.82, 2.24) is 0 Å². The summed E-state index contributed by atoms with van der Waals surface area (Å²) in [6.45, 7) is 2.28. The molecule has 0 aromatic heterocycles. The number of hydrogen-bond donors (Lipinski definition) is 1. The molecule has 0 saturated carbocycles. The van der Waals surface area contributed by atoms with E-state index in [2.05, 4.69) is 27.8 Å². The lowest BCUT2D eigenvalue weighted by Crippen LogP contribution is -2.08. The Morgan fingerprint density at radius 3 is 2.65 bits per heavy atom. The van der Waals surface area contributed by atoms with Gasteiger partial charge in [0.1, 0.15) is 12.4 Å². The Balaban J connectivity index is 2.03. The summed E-state index contributed by atoms with van der Waals surface area (Å²) in [7, 11) is 0. The summed E-state index contributed by atoms with van der Waals surface area (Å²) in [5.74, 6) is 6.85. The van der Waals surface area contributed by atoms with Gasteiger partial charge in [0.05, 0.1) is 0 Å². The van der Waals surface area contributed by atoms with Crippen LogP contribution in [0.2, 0.25) is 0 Å². The first-order valence-corrected chi connectivity index (χ1v) is 7.18. The largest absolute Gasteiger partial charge is 0.481 e. The van der Waals surface area contributed by atoms with Gasteiger partial charge < -0.3 is 10.5 Å². The second kappa shape index (κ2) is 7.14. The van der Waals surface area contributed by atoms with E-state index in [1.165, 1.54) is 0 Å². The molecular weight excluding hydrogens is 314 g/mol. The zero-order valence-corrected chi connectivity index (χ0v) is 12.9. The van der Waals surface area contributed by atoms with E-state index >= 15 is 0 Å². The molecule has 2 aromatic carbocycles. The summed E-state index contributed by atoms with van der Waals surface area (Å²) in [4.78, 5) is 0. The fourth-order valence-corrected chi connectivity index (χ4v) is 2.16. The third kappa shape index (κ3) is 4.12. The highest BCUT2D eigenvalue weighted by Gasteiger charge is 2.08. The SMILES string of the molecule is C[C@H](N)c1cc(Br)ccc1OCC#Cc1ccccc1. The molecule has 3 heteroatoms. The molecule has 0 radical (unpaired) electrons. The van der Waals surface area contributed by atoms with Gasteiger partial charge in [-0.15, -0.1) is 0 Å². The molecule has 2 rings (SSSR count). The summed E-state index contributed by atoms with van der Waals surface area (Å²) < 4.78 is 6.69. The second-order valence-electron chi connectivity index (χ2n) is 4.43. The van der Waals surface area contributed by atoms with Crippen LogP contribution in [0.5, 0.6) is 5.75 Å². The van der Waals surface area contributed by atoms with Gasteiger partial charge in [0.25, 0.3) is 0 Å². The standard InChI is InChI=1S/C17H16BrNO/c1-13(19)16-12-15(18)9-10-17(16)20-11-5-8-14-6-3-2-4-7-14/h2-4,6-7,9-10,12-13H,11,19H2,1H3/t13-/m0/s1. The lowest BCUT2D eigenvalue weighted by molar-refractivity contribution is 0.364. The van der Waals surface area contributed by atoms with E-state index in [-0.39, 0.29) is 6.04 Å². The molecule has 1 atom stereocenters. The predicted octanol–water partition coefficient (Wildman–Crippen LogP) is 3.90. The van der Waals surface area contributed by atoms with Crippen molar-refractivity contribution < 1.29 is 4.74 Å². The van der Waals surface area contributed by atoms with E-state index in [1.807, 2.05) is 55.5 Å². The molecule has 0 spiro atoms. The highest BCUT2D eigenvalue weighted by molar-refractivity contribution is 9.10. The molecular formula is C17H16BrNO. The zero-order chi connectivity index (χ0) is 14.4. The maximum atomic E-state index is 5.94. The maximum Gasteiger partial charge on any atom is 0.149 e. The molecule has 0 aliphatic heterocycles. The van der Waals surface area contributed by atoms with Gasteiger partial charge in [0.2, 0.25) is 0 Å². The van der Waals surface area contributed by atoms with Crippen LogP contribution >= 0.6 is 15.9 Å². The third-order valence-corrected chi connectivity index (χ3v) is 3.26. The minimum absolute atomic E-state index is 0.0791. The number of nitrogens with two attached hydrogens (primary N) is 1. The molecule has 2 nitrogen and oxygen atoms in total. The summed E-state index contributed by atoms with van der Waals surface area (Å²) >= 11 is 3.44. The Labute approximate surface area is 128 Å². The van der Waals surface area contributed by atoms with Crippen molar-refractivity contribution in [2.24, 2.45) is 5.73 Å². The second-order valence-corrected chi connectivity index (χ2v) is 5.34. The maximum absolute atomic E-state index is 5.94. The molecule has 0 heterocycles. The first-order valence-electron chi connectivity index (χ1n) is 6.38. The van der Waals surface area contributed by atoms with Crippen molar-refractivity contribution in [3.05, 3.63) is 64.1 Å². The Hall–Kier alpha value is -1.76. The van der Waals surface area contributed by atoms with Gasteiger partial charge in [-0.1, -0.05) is 46.0 Å².